The van der Waals surface area contributed by atoms with Crippen molar-refractivity contribution in [2.24, 2.45) is 5.41 Å². The van der Waals surface area contributed by atoms with Gasteiger partial charge in [-0.05, 0) is 78.1 Å². The summed E-state index contributed by atoms with van der Waals surface area (Å²) in [5, 5.41) is 26.9. The zero-order valence-corrected chi connectivity index (χ0v) is 43.1. The molecule has 4 amide bonds. The topological polar surface area (TPSA) is 192 Å². The highest BCUT2D eigenvalue weighted by Gasteiger charge is 2.45. The van der Waals surface area contributed by atoms with Gasteiger partial charge in [-0.2, -0.15) is 5.26 Å². The number of fused-ring (bicyclic) bond motifs is 4. The number of aliphatic hydroxyl groups excluding tert-OH is 1. The van der Waals surface area contributed by atoms with Gasteiger partial charge in [-0.15, -0.1) is 11.3 Å². The molecule has 2 saturated heterocycles. The van der Waals surface area contributed by atoms with Crippen molar-refractivity contribution in [2.75, 3.05) is 37.6 Å². The number of nitrogens with one attached hydrogen (secondary N) is 3. The van der Waals surface area contributed by atoms with Crippen LogP contribution >= 0.6 is 11.3 Å². The van der Waals surface area contributed by atoms with E-state index in [0.29, 0.717) is 50.1 Å². The Labute approximate surface area is 421 Å². The number of aryl methyl sites for hydroxylation is 2. The van der Waals surface area contributed by atoms with Crippen LogP contribution in [0.4, 0.5) is 5.69 Å². The number of carbonyl (C=O) groups excluding carboxylic acids is 5. The van der Waals surface area contributed by atoms with Crippen LogP contribution < -0.4 is 15.5 Å². The van der Waals surface area contributed by atoms with E-state index in [1.165, 1.54) is 4.90 Å². The molecule has 3 aliphatic rings. The fraction of sp³-hybridized carbons (Fsp3) is 0.482. The lowest BCUT2D eigenvalue weighted by Crippen LogP contribution is -2.57. The number of H-pyrrole nitrogens is 1. The Morgan fingerprint density at radius 1 is 0.972 bits per heavy atom. The van der Waals surface area contributed by atoms with Gasteiger partial charge in [-0.3, -0.25) is 24.0 Å². The molecule has 71 heavy (non-hydrogen) atoms. The van der Waals surface area contributed by atoms with Gasteiger partial charge in [0.2, 0.25) is 23.6 Å². The van der Waals surface area contributed by atoms with Crippen molar-refractivity contribution in [1.82, 2.24) is 30.4 Å². The van der Waals surface area contributed by atoms with Gasteiger partial charge in [0.15, 0.2) is 5.78 Å². The van der Waals surface area contributed by atoms with Crippen molar-refractivity contribution in [3.05, 3.63) is 105 Å². The average molecular weight is 981 g/mol. The van der Waals surface area contributed by atoms with E-state index >= 15 is 0 Å². The molecule has 0 unspecified atom stereocenters. The lowest BCUT2D eigenvalue weighted by atomic mass is 9.70. The second-order valence-corrected chi connectivity index (χ2v) is 22.0. The minimum absolute atomic E-state index is 0.00139. The van der Waals surface area contributed by atoms with Crippen LogP contribution in [0.2, 0.25) is 0 Å². The van der Waals surface area contributed by atoms with E-state index in [4.69, 9.17) is 0 Å². The van der Waals surface area contributed by atoms with Crippen molar-refractivity contribution in [3.8, 4) is 16.5 Å². The first-order chi connectivity index (χ1) is 33.9. The highest BCUT2D eigenvalue weighted by atomic mass is 32.1. The van der Waals surface area contributed by atoms with Crippen LogP contribution in [0.5, 0.6) is 0 Å². The molecule has 0 radical (unpaired) electrons. The van der Waals surface area contributed by atoms with Gasteiger partial charge < -0.3 is 35.4 Å². The van der Waals surface area contributed by atoms with Crippen LogP contribution in [0.15, 0.2) is 60.1 Å². The number of aliphatic hydroxyl groups is 1. The fourth-order valence-electron chi connectivity index (χ4n) is 10.6. The third kappa shape index (κ3) is 10.8. The number of aromatic nitrogens is 2. The van der Waals surface area contributed by atoms with Crippen LogP contribution in [0, 0.1) is 23.7 Å². The summed E-state index contributed by atoms with van der Waals surface area (Å²) in [7, 11) is 0. The molecule has 2 fully saturated rings. The minimum Gasteiger partial charge on any atom is -0.391 e. The quantitative estimate of drug-likeness (QED) is 0.0708. The van der Waals surface area contributed by atoms with E-state index in [1.54, 1.807) is 17.4 Å². The van der Waals surface area contributed by atoms with E-state index in [0.717, 1.165) is 92.8 Å². The van der Waals surface area contributed by atoms with E-state index in [9.17, 15) is 34.3 Å². The van der Waals surface area contributed by atoms with Crippen molar-refractivity contribution in [2.45, 2.75) is 136 Å². The number of unbranched alkanes of at least 4 members (excludes halogenated alkanes) is 4. The first kappa shape index (κ1) is 51.0. The molecule has 3 atom stereocenters. The number of nitriles is 1. The smallest absolute Gasteiger partial charge is 0.246 e. The second kappa shape index (κ2) is 21.2. The largest absolute Gasteiger partial charge is 0.391 e. The number of carbonyl (C=O) groups is 5. The Hall–Kier alpha value is -6.37. The minimum atomic E-state index is -0.883. The molecule has 374 valence electrons. The van der Waals surface area contributed by atoms with Gasteiger partial charge in [-0.1, -0.05) is 91.1 Å². The van der Waals surface area contributed by atoms with Gasteiger partial charge in [0.1, 0.15) is 12.1 Å². The molecule has 0 bridgehead atoms. The Balaban J connectivity index is 0.762. The number of rotatable bonds is 16. The molecule has 4 heterocycles. The highest BCUT2D eigenvalue weighted by Crippen LogP contribution is 2.46. The number of thiazole rings is 1. The van der Waals surface area contributed by atoms with E-state index in [2.05, 4.69) is 64.5 Å². The predicted molar refractivity (Wildman–Crippen MR) is 277 cm³/mol. The summed E-state index contributed by atoms with van der Waals surface area (Å²) < 4.78 is 0. The number of amides is 4. The Kier molecular flexibility index (Phi) is 15.2. The molecule has 4 N–H and O–H groups in total. The Morgan fingerprint density at radius 3 is 2.34 bits per heavy atom. The van der Waals surface area contributed by atoms with Crippen LogP contribution in [0.3, 0.4) is 0 Å². The van der Waals surface area contributed by atoms with Crippen molar-refractivity contribution < 1.29 is 29.1 Å². The number of benzene rings is 3. The van der Waals surface area contributed by atoms with Gasteiger partial charge in [-0.25, -0.2) is 4.98 Å². The summed E-state index contributed by atoms with van der Waals surface area (Å²) in [6, 6.07) is 18.1. The standard InChI is InChI=1S/C56H68N8O6S/c1-8-37-27-41-42(56(6,7)51-48(49(41)68)40-21-18-36(30-57)26-43(40)60-51)29-44(37)62-22-24-63(25-23-62)47(67)15-13-11-9-10-12-14-46(66)61-52(55(3,4)5)54(70)64-32-39(65)28-45(64)53(69)58-31-35-16-19-38(20-17-35)50-34(2)59-33-71-50/h16-21,26-27,29,33,39,45,52,60,65H,8-15,22-25,28,31-32H2,1-7H3,(H,58,69)(H,61,66)/t39-,45+,52-/m1/s1. The number of hydrogen-bond acceptors (Lipinski definition) is 10. The Bertz CT molecular complexity index is 2860. The number of aromatic amines is 1. The molecule has 14 nitrogen and oxygen atoms in total. The van der Waals surface area contributed by atoms with E-state index < -0.39 is 29.0 Å². The maximum Gasteiger partial charge on any atom is 0.246 e. The lowest BCUT2D eigenvalue weighted by molar-refractivity contribution is -0.144. The molecule has 0 saturated carbocycles. The summed E-state index contributed by atoms with van der Waals surface area (Å²) >= 11 is 1.58. The summed E-state index contributed by atoms with van der Waals surface area (Å²) in [4.78, 5) is 83.0. The molecule has 15 heteroatoms. The van der Waals surface area contributed by atoms with Crippen molar-refractivity contribution in [1.29, 1.82) is 5.26 Å². The van der Waals surface area contributed by atoms with Gasteiger partial charge in [0.25, 0.3) is 0 Å². The first-order valence-corrected chi connectivity index (χ1v) is 26.1. The molecule has 5 aromatic rings. The molecule has 2 aliphatic heterocycles. The van der Waals surface area contributed by atoms with Crippen molar-refractivity contribution >= 4 is 57.3 Å². The van der Waals surface area contributed by atoms with Crippen LogP contribution in [0.25, 0.3) is 21.3 Å². The number of β-amino-alcohol motifs (C(OH)–C–C–N with tert-alkyl or cyclic N) is 1. The van der Waals surface area contributed by atoms with Crippen molar-refractivity contribution in [3.63, 3.8) is 0 Å². The molecule has 1 aliphatic carbocycles. The zero-order valence-electron chi connectivity index (χ0n) is 42.2. The maximum absolute atomic E-state index is 14.1. The van der Waals surface area contributed by atoms with E-state index in [-0.39, 0.29) is 55.3 Å². The first-order valence-electron chi connectivity index (χ1n) is 25.3. The lowest BCUT2D eigenvalue weighted by Gasteiger charge is -2.39. The maximum atomic E-state index is 14.1. The summed E-state index contributed by atoms with van der Waals surface area (Å²) in [5.74, 6) is -0.808. The monoisotopic (exact) mass is 980 g/mol. The number of ketones is 1. The van der Waals surface area contributed by atoms with E-state index in [1.807, 2.05) is 74.5 Å². The normalized spacial score (nSPS) is 18.0. The summed E-state index contributed by atoms with van der Waals surface area (Å²) in [6.07, 6.45) is 4.74. The van der Waals surface area contributed by atoms with Gasteiger partial charge >= 0.3 is 0 Å². The molecule has 8 rings (SSSR count). The SMILES string of the molecule is CCc1cc2c(cc1N1CCN(C(=O)CCCCCCCC(=O)N[C@H](C(=O)N3C[C@H](O)C[C@H]3C(=O)NCc3ccc(-c4scnc4C)cc3)C(C)(C)C)CC1)C(C)(C)c1[nH]c3cc(C#N)ccc3c1C2=O. The molecule has 2 aromatic heterocycles. The molecule has 0 spiro atoms. The average Bonchev–Trinajstić information content (AvgIpc) is 4.09. The number of likely N-dealkylation sites (tertiary alicyclic amines) is 1. The number of nitrogens with zero attached hydrogens (tertiary/aromatic N) is 5. The number of anilines is 1. The number of piperazine rings is 1. The van der Waals surface area contributed by atoms with Crippen LogP contribution in [-0.2, 0) is 37.6 Å². The number of hydrogen-bond donors (Lipinski definition) is 4. The molecular weight excluding hydrogens is 913 g/mol. The van der Waals surface area contributed by atoms with Gasteiger partial charge in [0, 0.05) is 91.8 Å². The van der Waals surface area contributed by atoms with Crippen LogP contribution in [-0.4, -0.2) is 105 Å². The Morgan fingerprint density at radius 2 is 1.68 bits per heavy atom. The highest BCUT2D eigenvalue weighted by molar-refractivity contribution is 7.13. The van der Waals surface area contributed by atoms with Gasteiger partial charge in [0.05, 0.1) is 39.4 Å². The molecular formula is C56H68N8O6S. The van der Waals surface area contributed by atoms with Crippen LogP contribution in [0.1, 0.15) is 142 Å². The fourth-order valence-corrected chi connectivity index (χ4v) is 11.4. The zero-order chi connectivity index (χ0) is 50.8. The molecule has 3 aromatic carbocycles. The summed E-state index contributed by atoms with van der Waals surface area (Å²) in [6.45, 7) is 16.9. The summed E-state index contributed by atoms with van der Waals surface area (Å²) in [5.41, 5.74) is 10.4. The third-order valence-corrected chi connectivity index (χ3v) is 15.8. The third-order valence-electron chi connectivity index (χ3n) is 14.8. The second-order valence-electron chi connectivity index (χ2n) is 21.2. The predicted octanol–water partition coefficient (Wildman–Crippen LogP) is 8.09.